The van der Waals surface area contributed by atoms with Gasteiger partial charge in [0.15, 0.2) is 29.1 Å². The molecule has 4 aromatic rings. The van der Waals surface area contributed by atoms with Crippen molar-refractivity contribution in [2.24, 2.45) is 0 Å². The second-order valence-electron chi connectivity index (χ2n) is 7.19. The number of pyridine rings is 1. The molecule has 0 N–H and O–H groups in total. The summed E-state index contributed by atoms with van der Waals surface area (Å²) in [6.07, 6.45) is 5.22. The summed E-state index contributed by atoms with van der Waals surface area (Å²) in [6.45, 7) is 3.88. The van der Waals surface area contributed by atoms with E-state index in [-0.39, 0.29) is 6.10 Å². The SMILES string of the molecule is CCn1ncc2c(N(C)C[C@H]3COc4ccccc4O3)nc(-c3cccnc3)nc21. The van der Waals surface area contributed by atoms with Crippen LogP contribution in [-0.4, -0.2) is 51.0 Å². The molecule has 5 rings (SSSR count). The summed E-state index contributed by atoms with van der Waals surface area (Å²) in [6, 6.07) is 11.6. The lowest BCUT2D eigenvalue weighted by Gasteiger charge is -2.30. The molecule has 0 bridgehead atoms. The maximum Gasteiger partial charge on any atom is 0.165 e. The molecule has 8 heteroatoms. The van der Waals surface area contributed by atoms with Crippen LogP contribution in [0.1, 0.15) is 6.92 Å². The number of para-hydroxylation sites is 2. The van der Waals surface area contributed by atoms with Crippen LogP contribution < -0.4 is 14.4 Å². The third-order valence-electron chi connectivity index (χ3n) is 5.10. The quantitative estimate of drug-likeness (QED) is 0.507. The van der Waals surface area contributed by atoms with E-state index in [1.165, 1.54) is 0 Å². The van der Waals surface area contributed by atoms with E-state index in [4.69, 9.17) is 19.4 Å². The number of benzene rings is 1. The molecule has 3 aromatic heterocycles. The van der Waals surface area contributed by atoms with E-state index in [9.17, 15) is 0 Å². The van der Waals surface area contributed by atoms with Crippen LogP contribution in [0, 0.1) is 0 Å². The molecule has 0 saturated carbocycles. The highest BCUT2D eigenvalue weighted by atomic mass is 16.6. The van der Waals surface area contributed by atoms with Gasteiger partial charge < -0.3 is 14.4 Å². The highest BCUT2D eigenvalue weighted by molar-refractivity contribution is 5.88. The number of likely N-dealkylation sites (N-methyl/N-ethyl adjacent to an activating group) is 1. The van der Waals surface area contributed by atoms with Crippen molar-refractivity contribution in [2.75, 3.05) is 25.1 Å². The summed E-state index contributed by atoms with van der Waals surface area (Å²) in [5, 5.41) is 5.39. The molecule has 0 aliphatic carbocycles. The molecule has 1 aromatic carbocycles. The van der Waals surface area contributed by atoms with Crippen LogP contribution in [0.25, 0.3) is 22.4 Å². The maximum atomic E-state index is 6.14. The van der Waals surface area contributed by atoms with Gasteiger partial charge in [0.2, 0.25) is 0 Å². The summed E-state index contributed by atoms with van der Waals surface area (Å²) in [4.78, 5) is 15.9. The second kappa shape index (κ2) is 7.62. The number of rotatable bonds is 5. The maximum absolute atomic E-state index is 6.14. The van der Waals surface area contributed by atoms with Gasteiger partial charge in [0.1, 0.15) is 12.4 Å². The lowest BCUT2D eigenvalue weighted by atomic mass is 10.2. The standard InChI is InChI=1S/C22H22N6O2/c1-3-28-22-17(12-24-28)21(25-20(26-22)15-7-6-10-23-11-15)27(2)13-16-14-29-18-8-4-5-9-19(18)30-16/h4-12,16H,3,13-14H2,1-2H3/t16-/m0/s1. The molecule has 0 saturated heterocycles. The Hall–Kier alpha value is -3.68. The van der Waals surface area contributed by atoms with Gasteiger partial charge in [0.25, 0.3) is 0 Å². The minimum absolute atomic E-state index is 0.113. The third kappa shape index (κ3) is 3.30. The first-order valence-electron chi connectivity index (χ1n) is 9.96. The topological polar surface area (TPSA) is 78.2 Å². The zero-order chi connectivity index (χ0) is 20.5. The zero-order valence-corrected chi connectivity index (χ0v) is 16.9. The molecule has 0 unspecified atom stereocenters. The Balaban J connectivity index is 1.49. The number of ether oxygens (including phenoxy) is 2. The van der Waals surface area contributed by atoms with E-state index in [0.29, 0.717) is 19.0 Å². The first-order valence-corrected chi connectivity index (χ1v) is 9.96. The summed E-state index contributed by atoms with van der Waals surface area (Å²) >= 11 is 0. The van der Waals surface area contributed by atoms with E-state index in [2.05, 4.69) is 15.0 Å². The van der Waals surface area contributed by atoms with Crippen LogP contribution >= 0.6 is 0 Å². The largest absolute Gasteiger partial charge is 0.486 e. The van der Waals surface area contributed by atoms with Crippen molar-refractivity contribution in [3.8, 4) is 22.9 Å². The van der Waals surface area contributed by atoms with E-state index >= 15 is 0 Å². The smallest absolute Gasteiger partial charge is 0.165 e. The predicted octanol–water partition coefficient (Wildman–Crippen LogP) is 3.18. The highest BCUT2D eigenvalue weighted by Crippen LogP contribution is 2.32. The van der Waals surface area contributed by atoms with E-state index in [0.717, 1.165) is 40.5 Å². The van der Waals surface area contributed by atoms with Crippen LogP contribution in [-0.2, 0) is 6.54 Å². The van der Waals surface area contributed by atoms with Gasteiger partial charge in [-0.2, -0.15) is 5.10 Å². The molecule has 0 spiro atoms. The number of nitrogens with zero attached hydrogens (tertiary/aromatic N) is 6. The van der Waals surface area contributed by atoms with Crippen molar-refractivity contribution in [2.45, 2.75) is 19.6 Å². The van der Waals surface area contributed by atoms with Crippen molar-refractivity contribution in [1.29, 1.82) is 0 Å². The fraction of sp³-hybridized carbons (Fsp3) is 0.273. The molecular formula is C22H22N6O2. The molecule has 0 fully saturated rings. The van der Waals surface area contributed by atoms with Gasteiger partial charge in [0.05, 0.1) is 18.1 Å². The Morgan fingerprint density at radius 2 is 1.97 bits per heavy atom. The average Bonchev–Trinajstić information content (AvgIpc) is 3.22. The molecule has 1 aliphatic heterocycles. The van der Waals surface area contributed by atoms with Gasteiger partial charge in [-0.05, 0) is 31.2 Å². The fourth-order valence-corrected chi connectivity index (χ4v) is 3.63. The lowest BCUT2D eigenvalue weighted by Crippen LogP contribution is -2.39. The second-order valence-corrected chi connectivity index (χ2v) is 7.19. The number of hydrogen-bond donors (Lipinski definition) is 0. The minimum atomic E-state index is -0.113. The number of fused-ring (bicyclic) bond motifs is 2. The molecule has 1 atom stereocenters. The Kier molecular flexibility index (Phi) is 4.66. The van der Waals surface area contributed by atoms with Gasteiger partial charge in [-0.1, -0.05) is 12.1 Å². The Morgan fingerprint density at radius 3 is 2.77 bits per heavy atom. The highest BCUT2D eigenvalue weighted by Gasteiger charge is 2.24. The molecule has 152 valence electrons. The van der Waals surface area contributed by atoms with Gasteiger partial charge in [-0.15, -0.1) is 0 Å². The predicted molar refractivity (Wildman–Crippen MR) is 114 cm³/mol. The van der Waals surface area contributed by atoms with Crippen LogP contribution in [0.15, 0.2) is 55.0 Å². The van der Waals surface area contributed by atoms with Gasteiger partial charge in [-0.25, -0.2) is 14.6 Å². The Morgan fingerprint density at radius 1 is 1.10 bits per heavy atom. The molecule has 1 aliphatic rings. The van der Waals surface area contributed by atoms with Crippen LogP contribution in [0.4, 0.5) is 5.82 Å². The van der Waals surface area contributed by atoms with Crippen molar-refractivity contribution in [1.82, 2.24) is 24.7 Å². The zero-order valence-electron chi connectivity index (χ0n) is 16.9. The molecule has 30 heavy (non-hydrogen) atoms. The van der Waals surface area contributed by atoms with Crippen LogP contribution in [0.2, 0.25) is 0 Å². The summed E-state index contributed by atoms with van der Waals surface area (Å²) < 4.78 is 13.9. The first-order chi connectivity index (χ1) is 14.7. The third-order valence-corrected chi connectivity index (χ3v) is 5.10. The van der Waals surface area contributed by atoms with Crippen molar-refractivity contribution in [3.05, 3.63) is 55.0 Å². The molecule has 8 nitrogen and oxygen atoms in total. The molecular weight excluding hydrogens is 380 g/mol. The van der Waals surface area contributed by atoms with Crippen molar-refractivity contribution in [3.63, 3.8) is 0 Å². The monoisotopic (exact) mass is 402 g/mol. The fourth-order valence-electron chi connectivity index (χ4n) is 3.63. The summed E-state index contributed by atoms with van der Waals surface area (Å²) in [5.41, 5.74) is 1.67. The van der Waals surface area contributed by atoms with Gasteiger partial charge in [0, 0.05) is 31.5 Å². The van der Waals surface area contributed by atoms with Gasteiger partial charge in [-0.3, -0.25) is 4.98 Å². The molecule has 0 amide bonds. The van der Waals surface area contributed by atoms with E-state index in [1.54, 1.807) is 12.4 Å². The van der Waals surface area contributed by atoms with E-state index in [1.807, 2.05) is 61.2 Å². The number of aryl methyl sites for hydroxylation is 1. The van der Waals surface area contributed by atoms with Crippen LogP contribution in [0.3, 0.4) is 0 Å². The normalized spacial score (nSPS) is 15.3. The Labute approximate surface area is 174 Å². The minimum Gasteiger partial charge on any atom is -0.486 e. The lowest BCUT2D eigenvalue weighted by molar-refractivity contribution is 0.0960. The van der Waals surface area contributed by atoms with Crippen molar-refractivity contribution < 1.29 is 9.47 Å². The van der Waals surface area contributed by atoms with Crippen LogP contribution in [0.5, 0.6) is 11.5 Å². The Bertz CT molecular complexity index is 1180. The number of anilines is 1. The summed E-state index contributed by atoms with van der Waals surface area (Å²) in [7, 11) is 2.00. The number of aromatic nitrogens is 5. The van der Waals surface area contributed by atoms with E-state index < -0.39 is 0 Å². The molecule has 4 heterocycles. The van der Waals surface area contributed by atoms with Crippen molar-refractivity contribution >= 4 is 16.9 Å². The number of hydrogen-bond acceptors (Lipinski definition) is 7. The summed E-state index contributed by atoms with van der Waals surface area (Å²) in [5.74, 6) is 2.98. The van der Waals surface area contributed by atoms with Gasteiger partial charge >= 0.3 is 0 Å². The average molecular weight is 402 g/mol. The molecule has 0 radical (unpaired) electrons. The first kappa shape index (κ1) is 18.4.